The number of carbonyl (C=O) groups excluding carboxylic acids is 2. The molecule has 2 aliphatic heterocycles. The Morgan fingerprint density at radius 3 is 2.35 bits per heavy atom. The average molecular weight is 282 g/mol. The number of carbonyl (C=O) groups is 3. The van der Waals surface area contributed by atoms with Gasteiger partial charge in [-0.2, -0.15) is 0 Å². The summed E-state index contributed by atoms with van der Waals surface area (Å²) >= 11 is 0. The van der Waals surface area contributed by atoms with E-state index >= 15 is 0 Å². The molecular weight excluding hydrogens is 264 g/mol. The Hall–Kier alpha value is -1.89. The number of urea groups is 1. The largest absolute Gasteiger partial charge is 0.478 e. The second-order valence-corrected chi connectivity index (χ2v) is 5.20. The van der Waals surface area contributed by atoms with Crippen LogP contribution in [-0.2, 0) is 14.3 Å². The molecule has 2 aliphatic rings. The maximum Gasteiger partial charge on any atom is 0.331 e. The molecule has 0 radical (unpaired) electrons. The first-order chi connectivity index (χ1) is 9.38. The Labute approximate surface area is 116 Å². The molecule has 2 heterocycles. The molecule has 3 unspecified atom stereocenters. The number of hydrogen-bond donors (Lipinski definition) is 3. The molecule has 2 rings (SSSR count). The van der Waals surface area contributed by atoms with Crippen molar-refractivity contribution in [3.63, 3.8) is 0 Å². The van der Waals surface area contributed by atoms with Crippen LogP contribution in [0.5, 0.6) is 0 Å². The minimum absolute atomic E-state index is 0.0110. The van der Waals surface area contributed by atoms with Crippen LogP contribution in [-0.4, -0.2) is 41.3 Å². The Balaban J connectivity index is 1.87. The number of fused-ring (bicyclic) bond motifs is 2. The summed E-state index contributed by atoms with van der Waals surface area (Å²) in [6.45, 7) is 2.69. The fraction of sp³-hybridized carbons (Fsp3) is 0.615. The van der Waals surface area contributed by atoms with Crippen molar-refractivity contribution >= 4 is 17.9 Å². The maximum atomic E-state index is 11.7. The van der Waals surface area contributed by atoms with Crippen LogP contribution in [0.25, 0.3) is 0 Å². The van der Waals surface area contributed by atoms with Crippen molar-refractivity contribution in [3.8, 4) is 0 Å². The molecule has 110 valence electrons. The van der Waals surface area contributed by atoms with Crippen LogP contribution in [0.3, 0.4) is 0 Å². The van der Waals surface area contributed by atoms with Gasteiger partial charge in [-0.15, -0.1) is 0 Å². The van der Waals surface area contributed by atoms with Gasteiger partial charge < -0.3 is 15.2 Å². The molecule has 0 aromatic rings. The number of carboxylic acid groups (broad SMARTS) is 1. The van der Waals surface area contributed by atoms with Crippen LogP contribution < -0.4 is 10.6 Å². The fourth-order valence-corrected chi connectivity index (χ4v) is 2.52. The number of nitrogens with one attached hydrogen (secondary N) is 2. The zero-order valence-electron chi connectivity index (χ0n) is 11.4. The SMILES string of the molecule is CC(C(=O)O)=C(C)C(=O)NC(=O)NC1CC2CCC1O2. The highest BCUT2D eigenvalue weighted by Crippen LogP contribution is 2.34. The first-order valence-corrected chi connectivity index (χ1v) is 6.56. The van der Waals surface area contributed by atoms with Crippen molar-refractivity contribution in [3.05, 3.63) is 11.1 Å². The molecule has 0 spiro atoms. The number of hydrogen-bond acceptors (Lipinski definition) is 4. The number of ether oxygens (including phenoxy) is 1. The third-order valence-corrected chi connectivity index (χ3v) is 3.87. The van der Waals surface area contributed by atoms with Gasteiger partial charge in [0, 0.05) is 11.1 Å². The highest BCUT2D eigenvalue weighted by Gasteiger charge is 2.41. The van der Waals surface area contributed by atoms with Gasteiger partial charge in [-0.25, -0.2) is 9.59 Å². The third kappa shape index (κ3) is 2.98. The standard InChI is InChI=1S/C13H18N2O5/c1-6(7(2)12(17)18)11(16)15-13(19)14-9-5-8-3-4-10(9)20-8/h8-10H,3-5H2,1-2H3,(H,17,18)(H2,14,15,16,19). The summed E-state index contributed by atoms with van der Waals surface area (Å²) in [4.78, 5) is 34.2. The van der Waals surface area contributed by atoms with Gasteiger partial charge in [0.15, 0.2) is 0 Å². The second kappa shape index (κ2) is 5.62. The van der Waals surface area contributed by atoms with E-state index in [1.807, 2.05) is 0 Å². The van der Waals surface area contributed by atoms with E-state index in [1.54, 1.807) is 0 Å². The monoisotopic (exact) mass is 282 g/mol. The summed E-state index contributed by atoms with van der Waals surface area (Å²) in [5.74, 6) is -1.88. The molecule has 7 heteroatoms. The van der Waals surface area contributed by atoms with Gasteiger partial charge in [0.05, 0.1) is 18.2 Å². The van der Waals surface area contributed by atoms with Crippen molar-refractivity contribution in [2.75, 3.05) is 0 Å². The summed E-state index contributed by atoms with van der Waals surface area (Å²) < 4.78 is 5.59. The number of carboxylic acids is 1. The lowest BCUT2D eigenvalue weighted by Gasteiger charge is -2.20. The van der Waals surface area contributed by atoms with Crippen LogP contribution in [0, 0.1) is 0 Å². The predicted molar refractivity (Wildman–Crippen MR) is 69.0 cm³/mol. The van der Waals surface area contributed by atoms with Gasteiger partial charge in [0.1, 0.15) is 0 Å². The molecule has 3 atom stereocenters. The predicted octanol–water partition coefficient (Wildman–Crippen LogP) is 0.553. The van der Waals surface area contributed by atoms with Crippen molar-refractivity contribution in [2.45, 2.75) is 51.4 Å². The molecule has 0 aromatic carbocycles. The van der Waals surface area contributed by atoms with E-state index < -0.39 is 17.9 Å². The summed E-state index contributed by atoms with van der Waals surface area (Å²) in [5.41, 5.74) is -0.0737. The summed E-state index contributed by atoms with van der Waals surface area (Å²) in [6.07, 6.45) is 2.92. The quantitative estimate of drug-likeness (QED) is 0.656. The van der Waals surface area contributed by atoms with Crippen molar-refractivity contribution in [1.29, 1.82) is 0 Å². The summed E-state index contributed by atoms with van der Waals surface area (Å²) in [5, 5.41) is 13.6. The Morgan fingerprint density at radius 1 is 1.15 bits per heavy atom. The van der Waals surface area contributed by atoms with Gasteiger partial charge in [-0.05, 0) is 33.1 Å². The number of aliphatic carboxylic acids is 1. The molecule has 2 saturated heterocycles. The van der Waals surface area contributed by atoms with Gasteiger partial charge in [-0.1, -0.05) is 0 Å². The van der Waals surface area contributed by atoms with Crippen LogP contribution in [0.4, 0.5) is 4.79 Å². The van der Waals surface area contributed by atoms with Gasteiger partial charge in [0.2, 0.25) is 0 Å². The number of imide groups is 1. The Morgan fingerprint density at radius 2 is 1.85 bits per heavy atom. The van der Waals surface area contributed by atoms with Crippen LogP contribution in [0.15, 0.2) is 11.1 Å². The molecule has 2 bridgehead atoms. The van der Waals surface area contributed by atoms with Crippen molar-refractivity contribution < 1.29 is 24.2 Å². The van der Waals surface area contributed by atoms with E-state index in [-0.39, 0.29) is 29.4 Å². The smallest absolute Gasteiger partial charge is 0.331 e. The van der Waals surface area contributed by atoms with Crippen LogP contribution in [0.2, 0.25) is 0 Å². The highest BCUT2D eigenvalue weighted by atomic mass is 16.5. The molecule has 0 aromatic heterocycles. The average Bonchev–Trinajstić information content (AvgIpc) is 2.98. The topological polar surface area (TPSA) is 105 Å². The van der Waals surface area contributed by atoms with Crippen LogP contribution in [0.1, 0.15) is 33.1 Å². The van der Waals surface area contributed by atoms with Crippen LogP contribution >= 0.6 is 0 Å². The lowest BCUT2D eigenvalue weighted by molar-refractivity contribution is -0.133. The maximum absolute atomic E-state index is 11.7. The van der Waals surface area contributed by atoms with E-state index in [0.29, 0.717) is 0 Å². The molecule has 20 heavy (non-hydrogen) atoms. The molecule has 7 nitrogen and oxygen atoms in total. The lowest BCUT2D eigenvalue weighted by Crippen LogP contribution is -2.48. The van der Waals surface area contributed by atoms with E-state index in [0.717, 1.165) is 19.3 Å². The molecule has 0 aliphatic carbocycles. The first kappa shape index (κ1) is 14.5. The molecule has 3 amide bonds. The second-order valence-electron chi connectivity index (χ2n) is 5.20. The normalized spacial score (nSPS) is 28.8. The van der Waals surface area contributed by atoms with Gasteiger partial charge in [-0.3, -0.25) is 10.1 Å². The lowest BCUT2D eigenvalue weighted by atomic mass is 9.96. The van der Waals surface area contributed by atoms with Gasteiger partial charge >= 0.3 is 12.0 Å². The summed E-state index contributed by atoms with van der Waals surface area (Å²) in [6, 6.07) is -0.694. The minimum atomic E-state index is -1.18. The molecule has 0 saturated carbocycles. The number of amides is 3. The summed E-state index contributed by atoms with van der Waals surface area (Å²) in [7, 11) is 0. The van der Waals surface area contributed by atoms with Crippen molar-refractivity contribution in [2.24, 2.45) is 0 Å². The van der Waals surface area contributed by atoms with E-state index in [2.05, 4.69) is 10.6 Å². The molecular formula is C13H18N2O5. The Kier molecular flexibility index (Phi) is 4.08. The first-order valence-electron chi connectivity index (χ1n) is 6.56. The molecule has 3 N–H and O–H groups in total. The van der Waals surface area contributed by atoms with E-state index in [1.165, 1.54) is 13.8 Å². The minimum Gasteiger partial charge on any atom is -0.478 e. The Bertz CT molecular complexity index is 485. The zero-order valence-corrected chi connectivity index (χ0v) is 11.4. The highest BCUT2D eigenvalue weighted by molar-refractivity contribution is 6.07. The fourth-order valence-electron chi connectivity index (χ4n) is 2.52. The van der Waals surface area contributed by atoms with E-state index in [4.69, 9.17) is 9.84 Å². The third-order valence-electron chi connectivity index (χ3n) is 3.87. The zero-order chi connectivity index (χ0) is 14.9. The van der Waals surface area contributed by atoms with E-state index in [9.17, 15) is 14.4 Å². The number of rotatable bonds is 3. The van der Waals surface area contributed by atoms with Crippen molar-refractivity contribution in [1.82, 2.24) is 10.6 Å². The molecule has 2 fully saturated rings. The van der Waals surface area contributed by atoms with Gasteiger partial charge in [0.25, 0.3) is 5.91 Å².